The van der Waals surface area contributed by atoms with Crippen LogP contribution in [0, 0.1) is 0 Å². The molecule has 3 aromatic rings. The minimum atomic E-state index is -3.72. The molecule has 1 aliphatic heterocycles. The molecule has 0 bridgehead atoms. The van der Waals surface area contributed by atoms with Crippen LogP contribution in [0.2, 0.25) is 0 Å². The first-order valence-electron chi connectivity index (χ1n) is 11.1. The van der Waals surface area contributed by atoms with Crippen LogP contribution in [0.25, 0.3) is 0 Å². The highest BCUT2D eigenvalue weighted by atomic mass is 32.2. The number of nitrogens with zero attached hydrogens (tertiary/aromatic N) is 2. The van der Waals surface area contributed by atoms with Crippen molar-refractivity contribution in [1.29, 1.82) is 0 Å². The Balaban J connectivity index is 1.49. The average molecular weight is 498 g/mol. The predicted molar refractivity (Wildman–Crippen MR) is 133 cm³/mol. The molecule has 7 nitrogen and oxygen atoms in total. The Bertz CT molecular complexity index is 1320. The van der Waals surface area contributed by atoms with E-state index in [1.807, 2.05) is 36.6 Å². The molecule has 9 heteroatoms. The van der Waals surface area contributed by atoms with Crippen LogP contribution < -0.4 is 5.32 Å². The van der Waals surface area contributed by atoms with Gasteiger partial charge in [0.1, 0.15) is 0 Å². The monoisotopic (exact) mass is 497 g/mol. The van der Waals surface area contributed by atoms with E-state index in [4.69, 9.17) is 0 Å². The Labute approximate surface area is 204 Å². The van der Waals surface area contributed by atoms with Crippen LogP contribution in [-0.2, 0) is 34.3 Å². The molecule has 1 aliphatic rings. The number of rotatable bonds is 7. The van der Waals surface area contributed by atoms with Gasteiger partial charge in [-0.05, 0) is 66.2 Å². The molecule has 0 saturated heterocycles. The Kier molecular flexibility index (Phi) is 7.16. The lowest BCUT2D eigenvalue weighted by Crippen LogP contribution is -2.35. The average Bonchev–Trinajstić information content (AvgIpc) is 3.31. The number of anilines is 1. The van der Waals surface area contributed by atoms with E-state index >= 15 is 0 Å². The molecule has 178 valence electrons. The fourth-order valence-corrected chi connectivity index (χ4v) is 6.35. The van der Waals surface area contributed by atoms with Crippen molar-refractivity contribution in [2.24, 2.45) is 0 Å². The molecule has 0 aliphatic carbocycles. The van der Waals surface area contributed by atoms with Crippen molar-refractivity contribution in [2.75, 3.05) is 18.4 Å². The third-order valence-electron chi connectivity index (χ3n) is 5.89. The second kappa shape index (κ2) is 10.1. The highest BCUT2D eigenvalue weighted by Gasteiger charge is 2.29. The maximum atomic E-state index is 13.2. The summed E-state index contributed by atoms with van der Waals surface area (Å²) in [5.41, 5.74) is 2.78. The molecule has 0 saturated carbocycles. The van der Waals surface area contributed by atoms with Crippen molar-refractivity contribution in [3.8, 4) is 0 Å². The Morgan fingerprint density at radius 3 is 2.68 bits per heavy atom. The number of carbonyl (C=O) groups excluding carboxylic acids is 2. The van der Waals surface area contributed by atoms with Crippen molar-refractivity contribution in [2.45, 2.75) is 38.3 Å². The molecule has 2 amide bonds. The normalized spacial score (nSPS) is 13.8. The molecule has 4 rings (SSSR count). The van der Waals surface area contributed by atoms with Crippen molar-refractivity contribution >= 4 is 38.9 Å². The maximum Gasteiger partial charge on any atom is 0.255 e. The summed E-state index contributed by atoms with van der Waals surface area (Å²) in [6.07, 6.45) is 0.696. The van der Waals surface area contributed by atoms with E-state index in [0.717, 1.165) is 11.1 Å². The molecule has 0 fully saturated rings. The Morgan fingerprint density at radius 2 is 1.91 bits per heavy atom. The first-order chi connectivity index (χ1) is 16.3. The molecule has 34 heavy (non-hydrogen) atoms. The second-order valence-corrected chi connectivity index (χ2v) is 11.1. The SMILES string of the molecule is CCN(Cc1cccc(NC(=O)c2cccc(S(=O)(=O)N3CCc4sccc4C3)c2)c1)C(C)=O. The minimum Gasteiger partial charge on any atom is -0.339 e. The summed E-state index contributed by atoms with van der Waals surface area (Å²) in [7, 11) is -3.72. The summed E-state index contributed by atoms with van der Waals surface area (Å²) in [6, 6.07) is 15.4. The fourth-order valence-electron chi connectivity index (χ4n) is 3.99. The quantitative estimate of drug-likeness (QED) is 0.532. The molecule has 0 atom stereocenters. The molecule has 1 N–H and O–H groups in total. The van der Waals surface area contributed by atoms with E-state index in [-0.39, 0.29) is 16.4 Å². The standard InChI is InChI=1S/C25H27N3O4S2/c1-3-27(18(2)29)16-19-6-4-8-22(14-19)26-25(30)20-7-5-9-23(15-20)34(31,32)28-12-10-24-21(17-28)11-13-33-24/h4-9,11,13-15H,3,10,12,16-17H2,1-2H3,(H,26,30). The number of sulfonamides is 1. The maximum absolute atomic E-state index is 13.2. The van der Waals surface area contributed by atoms with E-state index in [2.05, 4.69) is 5.32 Å². The van der Waals surface area contributed by atoms with Crippen molar-refractivity contribution < 1.29 is 18.0 Å². The Morgan fingerprint density at radius 1 is 1.12 bits per heavy atom. The zero-order valence-corrected chi connectivity index (χ0v) is 20.8. The number of hydrogen-bond acceptors (Lipinski definition) is 5. The Hall–Kier alpha value is -3.01. The highest BCUT2D eigenvalue weighted by Crippen LogP contribution is 2.28. The lowest BCUT2D eigenvalue weighted by Gasteiger charge is -2.26. The number of carbonyl (C=O) groups is 2. The van der Waals surface area contributed by atoms with Gasteiger partial charge in [0.2, 0.25) is 15.9 Å². The molecule has 1 aromatic heterocycles. The zero-order chi connectivity index (χ0) is 24.3. The van der Waals surface area contributed by atoms with E-state index in [1.54, 1.807) is 34.4 Å². The van der Waals surface area contributed by atoms with Gasteiger partial charge in [0.25, 0.3) is 5.91 Å². The number of nitrogens with one attached hydrogen (secondary N) is 1. The third-order valence-corrected chi connectivity index (χ3v) is 8.76. The number of thiophene rings is 1. The summed E-state index contributed by atoms with van der Waals surface area (Å²) in [5.74, 6) is -0.411. The summed E-state index contributed by atoms with van der Waals surface area (Å²) in [4.78, 5) is 27.7. The fraction of sp³-hybridized carbons (Fsp3) is 0.280. The van der Waals surface area contributed by atoms with Crippen molar-refractivity contribution in [1.82, 2.24) is 9.21 Å². The zero-order valence-electron chi connectivity index (χ0n) is 19.2. The predicted octanol–water partition coefficient (Wildman–Crippen LogP) is 4.12. The third kappa shape index (κ3) is 5.22. The first kappa shape index (κ1) is 24.1. The van der Waals surface area contributed by atoms with Gasteiger partial charge in [-0.3, -0.25) is 9.59 Å². The van der Waals surface area contributed by atoms with Gasteiger partial charge in [-0.2, -0.15) is 4.31 Å². The van der Waals surface area contributed by atoms with E-state index in [1.165, 1.54) is 28.2 Å². The molecule has 2 aromatic carbocycles. The molecular formula is C25H27N3O4S2. The van der Waals surface area contributed by atoms with Crippen LogP contribution in [0.4, 0.5) is 5.69 Å². The van der Waals surface area contributed by atoms with E-state index in [9.17, 15) is 18.0 Å². The molecule has 0 spiro atoms. The number of fused-ring (bicyclic) bond motifs is 1. The minimum absolute atomic E-state index is 0.0149. The van der Waals surface area contributed by atoms with Crippen molar-refractivity contribution in [3.05, 3.63) is 81.5 Å². The molecule has 0 radical (unpaired) electrons. The van der Waals surface area contributed by atoms with Gasteiger partial charge in [0, 0.05) is 49.2 Å². The van der Waals surface area contributed by atoms with Crippen LogP contribution in [0.5, 0.6) is 0 Å². The van der Waals surface area contributed by atoms with Crippen LogP contribution in [-0.4, -0.2) is 42.5 Å². The van der Waals surface area contributed by atoms with Gasteiger partial charge >= 0.3 is 0 Å². The van der Waals surface area contributed by atoms with Crippen LogP contribution in [0.15, 0.2) is 64.9 Å². The van der Waals surface area contributed by atoms with Gasteiger partial charge in [-0.15, -0.1) is 11.3 Å². The van der Waals surface area contributed by atoms with Crippen LogP contribution >= 0.6 is 11.3 Å². The lowest BCUT2D eigenvalue weighted by atomic mass is 10.1. The van der Waals surface area contributed by atoms with Gasteiger partial charge in [-0.1, -0.05) is 18.2 Å². The van der Waals surface area contributed by atoms with Crippen molar-refractivity contribution in [3.63, 3.8) is 0 Å². The number of amides is 2. The topological polar surface area (TPSA) is 86.8 Å². The number of benzene rings is 2. The van der Waals surface area contributed by atoms with Gasteiger partial charge in [0.05, 0.1) is 4.90 Å². The first-order valence-corrected chi connectivity index (χ1v) is 13.4. The summed E-state index contributed by atoms with van der Waals surface area (Å²) < 4.78 is 28.0. The van der Waals surface area contributed by atoms with E-state index in [0.29, 0.717) is 38.3 Å². The van der Waals surface area contributed by atoms with Gasteiger partial charge in [0.15, 0.2) is 0 Å². The van der Waals surface area contributed by atoms with E-state index < -0.39 is 15.9 Å². The summed E-state index contributed by atoms with van der Waals surface area (Å²) >= 11 is 1.65. The molecular weight excluding hydrogens is 470 g/mol. The summed E-state index contributed by atoms with van der Waals surface area (Å²) in [5, 5.41) is 4.82. The second-order valence-electron chi connectivity index (χ2n) is 8.17. The molecule has 2 heterocycles. The highest BCUT2D eigenvalue weighted by molar-refractivity contribution is 7.89. The smallest absolute Gasteiger partial charge is 0.255 e. The molecule has 0 unspecified atom stereocenters. The lowest BCUT2D eigenvalue weighted by molar-refractivity contribution is -0.129. The largest absolute Gasteiger partial charge is 0.339 e. The van der Waals surface area contributed by atoms with Gasteiger partial charge in [-0.25, -0.2) is 8.42 Å². The summed E-state index contributed by atoms with van der Waals surface area (Å²) in [6.45, 7) is 5.26. The number of hydrogen-bond donors (Lipinski definition) is 1. The van der Waals surface area contributed by atoms with Crippen LogP contribution in [0.3, 0.4) is 0 Å². The van der Waals surface area contributed by atoms with Crippen LogP contribution in [0.1, 0.15) is 40.2 Å². The van der Waals surface area contributed by atoms with Gasteiger partial charge < -0.3 is 10.2 Å².